The quantitative estimate of drug-likeness (QED) is 0.831. The third kappa shape index (κ3) is 3.05. The van der Waals surface area contributed by atoms with E-state index in [2.05, 4.69) is 15.9 Å². The van der Waals surface area contributed by atoms with E-state index in [1.165, 1.54) is 0 Å². The van der Waals surface area contributed by atoms with E-state index in [0.717, 1.165) is 36.0 Å². The van der Waals surface area contributed by atoms with Gasteiger partial charge in [0.2, 0.25) is 0 Å². The van der Waals surface area contributed by atoms with E-state index in [1.54, 1.807) is 0 Å². The van der Waals surface area contributed by atoms with Gasteiger partial charge in [-0.1, -0.05) is 15.9 Å². The van der Waals surface area contributed by atoms with Crippen molar-refractivity contribution in [3.63, 3.8) is 0 Å². The fraction of sp³-hybridized carbons (Fsp3) is 0.533. The van der Waals surface area contributed by atoms with Crippen LogP contribution in [0.3, 0.4) is 0 Å². The molecule has 0 unspecified atom stereocenters. The second kappa shape index (κ2) is 6.24. The number of halogens is 1. The molecular weight excluding hydrogens is 322 g/mol. The normalized spacial score (nSPS) is 21.4. The summed E-state index contributed by atoms with van der Waals surface area (Å²) in [5.74, 6) is 0.538. The number of carbonyl (C=O) groups excluding carboxylic acids is 1. The topological polar surface area (TPSA) is 38.8 Å². The van der Waals surface area contributed by atoms with Gasteiger partial charge in [-0.25, -0.2) is 0 Å². The number of ether oxygens (including phenoxy) is 2. The predicted octanol–water partition coefficient (Wildman–Crippen LogP) is 2.67. The Morgan fingerprint density at radius 1 is 1.10 bits per heavy atom. The van der Waals surface area contributed by atoms with E-state index in [1.807, 2.05) is 29.2 Å². The van der Waals surface area contributed by atoms with Crippen molar-refractivity contribution in [1.29, 1.82) is 0 Å². The SMILES string of the molecule is O=C(c1ccc(Br)cc1)N1CCC(C2OCCO2)CC1. The minimum Gasteiger partial charge on any atom is -0.350 e. The number of likely N-dealkylation sites (tertiary alicyclic amines) is 1. The Hall–Kier alpha value is -0.910. The molecule has 0 saturated carbocycles. The van der Waals surface area contributed by atoms with Crippen LogP contribution in [0.4, 0.5) is 0 Å². The number of hydrogen-bond acceptors (Lipinski definition) is 3. The van der Waals surface area contributed by atoms with Gasteiger partial charge in [-0.05, 0) is 37.1 Å². The van der Waals surface area contributed by atoms with Crippen molar-refractivity contribution in [2.45, 2.75) is 19.1 Å². The van der Waals surface area contributed by atoms with Gasteiger partial charge in [-0.3, -0.25) is 4.79 Å². The summed E-state index contributed by atoms with van der Waals surface area (Å²) >= 11 is 3.38. The molecule has 0 radical (unpaired) electrons. The van der Waals surface area contributed by atoms with Crippen molar-refractivity contribution in [3.05, 3.63) is 34.3 Å². The van der Waals surface area contributed by atoms with Gasteiger partial charge >= 0.3 is 0 Å². The molecule has 1 aromatic carbocycles. The van der Waals surface area contributed by atoms with Crippen LogP contribution < -0.4 is 0 Å². The van der Waals surface area contributed by atoms with Gasteiger partial charge in [0.1, 0.15) is 0 Å². The maximum atomic E-state index is 12.4. The Morgan fingerprint density at radius 2 is 1.70 bits per heavy atom. The molecule has 5 heteroatoms. The number of amides is 1. The van der Waals surface area contributed by atoms with Crippen LogP contribution in [-0.4, -0.2) is 43.4 Å². The summed E-state index contributed by atoms with van der Waals surface area (Å²) in [4.78, 5) is 14.3. The first-order chi connectivity index (χ1) is 9.74. The number of benzene rings is 1. The second-order valence-electron chi connectivity index (χ2n) is 5.25. The minimum absolute atomic E-state index is 0.0556. The van der Waals surface area contributed by atoms with E-state index < -0.39 is 0 Å². The van der Waals surface area contributed by atoms with Crippen molar-refractivity contribution in [1.82, 2.24) is 4.90 Å². The summed E-state index contributed by atoms with van der Waals surface area (Å²) in [7, 11) is 0. The van der Waals surface area contributed by atoms with Gasteiger partial charge < -0.3 is 14.4 Å². The highest BCUT2D eigenvalue weighted by Gasteiger charge is 2.31. The molecule has 0 atom stereocenters. The van der Waals surface area contributed by atoms with Crippen molar-refractivity contribution < 1.29 is 14.3 Å². The van der Waals surface area contributed by atoms with Crippen LogP contribution >= 0.6 is 15.9 Å². The average molecular weight is 340 g/mol. The number of piperidine rings is 1. The summed E-state index contributed by atoms with van der Waals surface area (Å²) < 4.78 is 12.1. The van der Waals surface area contributed by atoms with E-state index >= 15 is 0 Å². The Balaban J connectivity index is 1.57. The summed E-state index contributed by atoms with van der Waals surface area (Å²) in [5.41, 5.74) is 0.750. The number of hydrogen-bond donors (Lipinski definition) is 0. The summed E-state index contributed by atoms with van der Waals surface area (Å²) in [6.45, 7) is 2.96. The van der Waals surface area contributed by atoms with Gasteiger partial charge in [-0.2, -0.15) is 0 Å². The molecule has 0 aromatic heterocycles. The van der Waals surface area contributed by atoms with Crippen LogP contribution in [-0.2, 0) is 9.47 Å². The molecule has 2 saturated heterocycles. The second-order valence-corrected chi connectivity index (χ2v) is 6.16. The van der Waals surface area contributed by atoms with E-state index in [-0.39, 0.29) is 12.2 Å². The molecule has 0 aliphatic carbocycles. The molecule has 1 amide bonds. The third-order valence-corrected chi connectivity index (χ3v) is 4.48. The van der Waals surface area contributed by atoms with Crippen LogP contribution in [0.15, 0.2) is 28.7 Å². The molecule has 108 valence electrons. The fourth-order valence-corrected chi connectivity index (χ4v) is 3.06. The average Bonchev–Trinajstić information content (AvgIpc) is 3.02. The van der Waals surface area contributed by atoms with Gasteiger partial charge in [0, 0.05) is 29.0 Å². The molecule has 1 aromatic rings. The maximum Gasteiger partial charge on any atom is 0.253 e. The lowest BCUT2D eigenvalue weighted by Crippen LogP contribution is -2.41. The fourth-order valence-electron chi connectivity index (χ4n) is 2.80. The molecule has 2 aliphatic heterocycles. The maximum absolute atomic E-state index is 12.4. The Bertz CT molecular complexity index is 463. The molecule has 2 aliphatic rings. The molecule has 0 spiro atoms. The first kappa shape index (κ1) is 14.0. The summed E-state index contributed by atoms with van der Waals surface area (Å²) in [6, 6.07) is 7.53. The minimum atomic E-state index is -0.0556. The lowest BCUT2D eigenvalue weighted by molar-refractivity contribution is -0.0956. The Morgan fingerprint density at radius 3 is 2.30 bits per heavy atom. The Labute approximate surface area is 127 Å². The van der Waals surface area contributed by atoms with Gasteiger partial charge in [0.25, 0.3) is 5.91 Å². The molecule has 2 fully saturated rings. The van der Waals surface area contributed by atoms with Crippen molar-refractivity contribution in [3.8, 4) is 0 Å². The van der Waals surface area contributed by atoms with Crippen LogP contribution in [0.1, 0.15) is 23.2 Å². The van der Waals surface area contributed by atoms with E-state index in [4.69, 9.17) is 9.47 Å². The van der Waals surface area contributed by atoms with Crippen LogP contribution in [0, 0.1) is 5.92 Å². The van der Waals surface area contributed by atoms with Crippen molar-refractivity contribution >= 4 is 21.8 Å². The molecule has 4 nitrogen and oxygen atoms in total. The first-order valence-electron chi connectivity index (χ1n) is 7.02. The molecule has 20 heavy (non-hydrogen) atoms. The number of nitrogens with zero attached hydrogens (tertiary/aromatic N) is 1. The highest BCUT2D eigenvalue weighted by molar-refractivity contribution is 9.10. The zero-order chi connectivity index (χ0) is 13.9. The first-order valence-corrected chi connectivity index (χ1v) is 7.81. The zero-order valence-corrected chi connectivity index (χ0v) is 12.8. The molecule has 2 heterocycles. The van der Waals surface area contributed by atoms with Gasteiger partial charge in [-0.15, -0.1) is 0 Å². The standard InChI is InChI=1S/C15H18BrNO3/c16-13-3-1-11(2-4-13)14(18)17-7-5-12(6-8-17)15-19-9-10-20-15/h1-4,12,15H,5-10H2. The lowest BCUT2D eigenvalue weighted by atomic mass is 9.95. The molecular formula is C15H18BrNO3. The highest BCUT2D eigenvalue weighted by Crippen LogP contribution is 2.26. The van der Waals surface area contributed by atoms with E-state index in [9.17, 15) is 4.79 Å². The molecule has 3 rings (SSSR count). The number of rotatable bonds is 2. The van der Waals surface area contributed by atoms with Crippen molar-refractivity contribution in [2.24, 2.45) is 5.92 Å². The lowest BCUT2D eigenvalue weighted by Gasteiger charge is -2.33. The zero-order valence-electron chi connectivity index (χ0n) is 11.3. The number of carbonyl (C=O) groups is 1. The van der Waals surface area contributed by atoms with Crippen molar-refractivity contribution in [2.75, 3.05) is 26.3 Å². The van der Waals surface area contributed by atoms with Gasteiger partial charge in [0.15, 0.2) is 6.29 Å². The molecule has 0 N–H and O–H groups in total. The largest absolute Gasteiger partial charge is 0.350 e. The predicted molar refractivity (Wildman–Crippen MR) is 78.5 cm³/mol. The third-order valence-electron chi connectivity index (χ3n) is 3.95. The Kier molecular flexibility index (Phi) is 4.38. The van der Waals surface area contributed by atoms with Crippen LogP contribution in [0.25, 0.3) is 0 Å². The molecule has 0 bridgehead atoms. The summed E-state index contributed by atoms with van der Waals surface area (Å²) in [5, 5.41) is 0. The van der Waals surface area contributed by atoms with Crippen LogP contribution in [0.2, 0.25) is 0 Å². The van der Waals surface area contributed by atoms with E-state index in [0.29, 0.717) is 19.1 Å². The summed E-state index contributed by atoms with van der Waals surface area (Å²) in [6.07, 6.45) is 1.85. The van der Waals surface area contributed by atoms with Gasteiger partial charge in [0.05, 0.1) is 13.2 Å². The monoisotopic (exact) mass is 339 g/mol. The smallest absolute Gasteiger partial charge is 0.253 e. The highest BCUT2D eigenvalue weighted by atomic mass is 79.9. The van der Waals surface area contributed by atoms with Crippen LogP contribution in [0.5, 0.6) is 0 Å².